The van der Waals surface area contributed by atoms with E-state index in [-0.39, 0.29) is 0 Å². The van der Waals surface area contributed by atoms with Gasteiger partial charge >= 0.3 is 0 Å². The van der Waals surface area contributed by atoms with Gasteiger partial charge in [0.25, 0.3) is 0 Å². The molecule has 0 bridgehead atoms. The Morgan fingerprint density at radius 3 is 2.83 bits per heavy atom. The Morgan fingerprint density at radius 1 is 1.22 bits per heavy atom. The Hall–Kier alpha value is -1.68. The molecule has 1 aliphatic carbocycles. The predicted molar refractivity (Wildman–Crippen MR) is 71.6 cm³/mol. The third kappa shape index (κ3) is 2.29. The van der Waals surface area contributed by atoms with Crippen molar-refractivity contribution in [2.45, 2.75) is 31.4 Å². The second-order valence-corrected chi connectivity index (χ2v) is 4.76. The lowest BCUT2D eigenvalue weighted by Gasteiger charge is -2.13. The van der Waals surface area contributed by atoms with Crippen molar-refractivity contribution < 1.29 is 4.74 Å². The zero-order valence-corrected chi connectivity index (χ0v) is 10.5. The lowest BCUT2D eigenvalue weighted by Crippen LogP contribution is -2.18. The van der Waals surface area contributed by atoms with E-state index in [1.165, 1.54) is 0 Å². The molecule has 2 unspecified atom stereocenters. The highest BCUT2D eigenvalue weighted by Crippen LogP contribution is 2.24. The Bertz CT molecular complexity index is 543. The Labute approximate surface area is 106 Å². The summed E-state index contributed by atoms with van der Waals surface area (Å²) in [5.74, 6) is 0.857. The number of hydrogen-bond donors (Lipinski definition) is 1. The molecule has 1 N–H and O–H groups in total. The molecule has 1 heterocycles. The average Bonchev–Trinajstić information content (AvgIpc) is 2.86. The average molecular weight is 243 g/mol. The number of nitrogens with zero attached hydrogens (tertiary/aromatic N) is 2. The second kappa shape index (κ2) is 4.90. The zero-order valence-electron chi connectivity index (χ0n) is 10.5. The van der Waals surface area contributed by atoms with E-state index < -0.39 is 0 Å². The van der Waals surface area contributed by atoms with Gasteiger partial charge < -0.3 is 10.1 Å². The number of para-hydroxylation sites is 2. The molecular formula is C14H17N3O. The van der Waals surface area contributed by atoms with Crippen LogP contribution in [0.5, 0.6) is 0 Å². The van der Waals surface area contributed by atoms with Gasteiger partial charge in [-0.25, -0.2) is 4.98 Å². The van der Waals surface area contributed by atoms with Gasteiger partial charge in [-0.05, 0) is 31.4 Å². The second-order valence-electron chi connectivity index (χ2n) is 4.76. The molecule has 4 nitrogen and oxygen atoms in total. The molecule has 0 amide bonds. The lowest BCUT2D eigenvalue weighted by molar-refractivity contribution is 0.108. The number of ether oxygens (including phenoxy) is 1. The van der Waals surface area contributed by atoms with Crippen molar-refractivity contribution in [3.8, 4) is 0 Å². The van der Waals surface area contributed by atoms with E-state index in [1.807, 2.05) is 30.5 Å². The monoisotopic (exact) mass is 243 g/mol. The number of aromatic nitrogens is 2. The van der Waals surface area contributed by atoms with Crippen LogP contribution >= 0.6 is 0 Å². The number of anilines is 1. The van der Waals surface area contributed by atoms with Crippen molar-refractivity contribution in [1.29, 1.82) is 0 Å². The van der Waals surface area contributed by atoms with E-state index in [0.29, 0.717) is 12.1 Å². The van der Waals surface area contributed by atoms with Gasteiger partial charge in [-0.2, -0.15) is 0 Å². The fourth-order valence-corrected chi connectivity index (χ4v) is 2.52. The van der Waals surface area contributed by atoms with Crippen LogP contribution in [0.1, 0.15) is 19.3 Å². The van der Waals surface area contributed by atoms with Crippen LogP contribution in [0.2, 0.25) is 0 Å². The van der Waals surface area contributed by atoms with E-state index in [1.54, 1.807) is 7.11 Å². The summed E-state index contributed by atoms with van der Waals surface area (Å²) in [4.78, 5) is 8.98. The van der Waals surface area contributed by atoms with Gasteiger partial charge in [-0.15, -0.1) is 0 Å². The van der Waals surface area contributed by atoms with Crippen molar-refractivity contribution in [3.05, 3.63) is 30.5 Å². The van der Waals surface area contributed by atoms with Crippen molar-refractivity contribution >= 4 is 16.9 Å². The fourth-order valence-electron chi connectivity index (χ4n) is 2.52. The topological polar surface area (TPSA) is 47.0 Å². The summed E-state index contributed by atoms with van der Waals surface area (Å²) in [6.07, 6.45) is 5.49. The van der Waals surface area contributed by atoms with Crippen LogP contribution in [-0.2, 0) is 4.74 Å². The van der Waals surface area contributed by atoms with Gasteiger partial charge in [0.15, 0.2) is 0 Å². The Morgan fingerprint density at radius 2 is 2.06 bits per heavy atom. The van der Waals surface area contributed by atoms with Crippen molar-refractivity contribution in [1.82, 2.24) is 9.97 Å². The van der Waals surface area contributed by atoms with Crippen LogP contribution in [0.25, 0.3) is 11.0 Å². The molecule has 0 radical (unpaired) electrons. The molecule has 0 aliphatic heterocycles. The molecule has 4 heteroatoms. The molecule has 2 atom stereocenters. The molecule has 2 aromatic rings. The molecule has 1 aliphatic rings. The highest BCUT2D eigenvalue weighted by molar-refractivity contribution is 5.75. The van der Waals surface area contributed by atoms with E-state index >= 15 is 0 Å². The van der Waals surface area contributed by atoms with E-state index in [9.17, 15) is 0 Å². The normalized spacial score (nSPS) is 23.4. The molecule has 0 saturated heterocycles. The minimum absolute atomic E-state index is 0.385. The molecular weight excluding hydrogens is 226 g/mol. The van der Waals surface area contributed by atoms with Crippen LogP contribution in [0.15, 0.2) is 30.5 Å². The molecule has 1 saturated carbocycles. The zero-order chi connectivity index (χ0) is 12.4. The minimum Gasteiger partial charge on any atom is -0.381 e. The summed E-state index contributed by atoms with van der Waals surface area (Å²) in [5, 5.41) is 3.44. The summed E-state index contributed by atoms with van der Waals surface area (Å²) in [6.45, 7) is 0. The van der Waals surface area contributed by atoms with Gasteiger partial charge in [-0.3, -0.25) is 4.98 Å². The summed E-state index contributed by atoms with van der Waals surface area (Å²) in [5.41, 5.74) is 1.87. The first-order valence-corrected chi connectivity index (χ1v) is 6.36. The number of nitrogens with one attached hydrogen (secondary N) is 1. The van der Waals surface area contributed by atoms with Crippen LogP contribution in [0, 0.1) is 0 Å². The summed E-state index contributed by atoms with van der Waals surface area (Å²) in [6, 6.07) is 8.37. The number of fused-ring (bicyclic) bond motifs is 1. The van der Waals surface area contributed by atoms with Crippen LogP contribution in [0.4, 0.5) is 5.82 Å². The maximum absolute atomic E-state index is 5.37. The lowest BCUT2D eigenvalue weighted by atomic mass is 10.2. The van der Waals surface area contributed by atoms with Gasteiger partial charge in [0.2, 0.25) is 0 Å². The number of hydrogen-bond acceptors (Lipinski definition) is 4. The first-order valence-electron chi connectivity index (χ1n) is 6.36. The highest BCUT2D eigenvalue weighted by Gasteiger charge is 2.24. The highest BCUT2D eigenvalue weighted by atomic mass is 16.5. The van der Waals surface area contributed by atoms with Gasteiger partial charge in [0, 0.05) is 13.2 Å². The molecule has 1 aromatic carbocycles. The molecule has 18 heavy (non-hydrogen) atoms. The largest absolute Gasteiger partial charge is 0.381 e. The quantitative estimate of drug-likeness (QED) is 0.900. The first kappa shape index (κ1) is 11.4. The third-order valence-corrected chi connectivity index (χ3v) is 3.52. The van der Waals surface area contributed by atoms with Gasteiger partial charge in [0.05, 0.1) is 23.3 Å². The maximum atomic E-state index is 5.37. The SMILES string of the molecule is COC1CCC(Nc2cnc3ccccc3n2)C1. The van der Waals surface area contributed by atoms with Gasteiger partial charge in [0.1, 0.15) is 5.82 Å². The van der Waals surface area contributed by atoms with Crippen LogP contribution in [0.3, 0.4) is 0 Å². The maximum Gasteiger partial charge on any atom is 0.145 e. The first-order chi connectivity index (χ1) is 8.85. The van der Waals surface area contributed by atoms with E-state index in [4.69, 9.17) is 4.74 Å². The molecule has 0 spiro atoms. The number of rotatable bonds is 3. The standard InChI is InChI=1S/C14H17N3O/c1-18-11-7-6-10(8-11)16-14-9-15-12-4-2-3-5-13(12)17-14/h2-5,9-11H,6-8H2,1H3,(H,16,17). The molecule has 3 rings (SSSR count). The molecule has 1 fully saturated rings. The number of benzene rings is 1. The van der Waals surface area contributed by atoms with Gasteiger partial charge in [-0.1, -0.05) is 12.1 Å². The Kier molecular flexibility index (Phi) is 3.11. The van der Waals surface area contributed by atoms with Crippen LogP contribution in [-0.4, -0.2) is 29.2 Å². The molecule has 1 aromatic heterocycles. The fraction of sp³-hybridized carbons (Fsp3) is 0.429. The number of methoxy groups -OCH3 is 1. The van der Waals surface area contributed by atoms with E-state index in [2.05, 4.69) is 15.3 Å². The van der Waals surface area contributed by atoms with Crippen molar-refractivity contribution in [2.24, 2.45) is 0 Å². The van der Waals surface area contributed by atoms with Crippen molar-refractivity contribution in [3.63, 3.8) is 0 Å². The van der Waals surface area contributed by atoms with Crippen LogP contribution < -0.4 is 5.32 Å². The third-order valence-electron chi connectivity index (χ3n) is 3.52. The minimum atomic E-state index is 0.385. The Balaban J connectivity index is 1.75. The molecule has 94 valence electrons. The summed E-state index contributed by atoms with van der Waals surface area (Å²) >= 11 is 0. The van der Waals surface area contributed by atoms with Crippen molar-refractivity contribution in [2.75, 3.05) is 12.4 Å². The smallest absolute Gasteiger partial charge is 0.145 e. The summed E-state index contributed by atoms with van der Waals surface area (Å²) in [7, 11) is 1.78. The summed E-state index contributed by atoms with van der Waals surface area (Å²) < 4.78 is 5.37. The predicted octanol–water partition coefficient (Wildman–Crippen LogP) is 2.61. The van der Waals surface area contributed by atoms with E-state index in [0.717, 1.165) is 36.1 Å².